The molecule has 1 fully saturated rings. The minimum atomic E-state index is -0.899. The first-order valence-corrected chi connectivity index (χ1v) is 11.2. The van der Waals surface area contributed by atoms with Crippen LogP contribution in [0.4, 0.5) is 0 Å². The minimum absolute atomic E-state index is 0.196. The number of hydrogen-bond acceptors (Lipinski definition) is 5. The number of halogens is 1. The molecule has 1 aliphatic rings. The van der Waals surface area contributed by atoms with Crippen LogP contribution in [0.15, 0.2) is 85.5 Å². The molecule has 2 aromatic heterocycles. The summed E-state index contributed by atoms with van der Waals surface area (Å²) in [5.74, 6) is -0.0986. The summed E-state index contributed by atoms with van der Waals surface area (Å²) in [6, 6.07) is 22.2. The second-order valence-corrected chi connectivity index (χ2v) is 9.06. The molecule has 1 saturated heterocycles. The normalized spacial score (nSPS) is 20.7. The predicted octanol–water partition coefficient (Wildman–Crippen LogP) is 5.61. The van der Waals surface area contributed by atoms with E-state index in [1.807, 2.05) is 53.2 Å². The molecule has 5 nitrogen and oxygen atoms in total. The van der Waals surface area contributed by atoms with Crippen LogP contribution in [0.25, 0.3) is 11.1 Å². The third-order valence-corrected chi connectivity index (χ3v) is 6.51. The number of thiophene rings is 1. The zero-order valence-electron chi connectivity index (χ0n) is 16.7. The van der Waals surface area contributed by atoms with Crippen LogP contribution in [-0.2, 0) is 21.8 Å². The fourth-order valence-corrected chi connectivity index (χ4v) is 4.76. The highest BCUT2D eigenvalue weighted by Crippen LogP contribution is 2.41. The van der Waals surface area contributed by atoms with Gasteiger partial charge in [0.2, 0.25) is 5.79 Å². The second-order valence-electron chi connectivity index (χ2n) is 7.34. The number of hydrogen-bond donors (Lipinski definition) is 0. The largest absolute Gasteiger partial charge is 0.491 e. The van der Waals surface area contributed by atoms with Gasteiger partial charge in [0, 0.05) is 12.4 Å². The average molecular weight is 453 g/mol. The lowest BCUT2D eigenvalue weighted by Gasteiger charge is -2.27. The van der Waals surface area contributed by atoms with E-state index in [4.69, 9.17) is 25.8 Å². The number of imidazole rings is 1. The molecule has 0 N–H and O–H groups in total. The van der Waals surface area contributed by atoms with Crippen LogP contribution in [0.5, 0.6) is 5.75 Å². The quantitative estimate of drug-likeness (QED) is 0.365. The number of benzene rings is 2. The van der Waals surface area contributed by atoms with E-state index in [9.17, 15) is 0 Å². The van der Waals surface area contributed by atoms with Gasteiger partial charge in [0.05, 0.1) is 28.7 Å². The van der Waals surface area contributed by atoms with Gasteiger partial charge in [0.15, 0.2) is 0 Å². The van der Waals surface area contributed by atoms with Crippen LogP contribution in [0.1, 0.15) is 4.88 Å². The molecule has 2 atom stereocenters. The maximum absolute atomic E-state index is 6.39. The Bertz CT molecular complexity index is 1120. The fraction of sp³-hybridized carbons (Fsp3) is 0.208. The summed E-state index contributed by atoms with van der Waals surface area (Å²) in [4.78, 5) is 5.05. The second kappa shape index (κ2) is 8.85. The molecule has 5 rings (SSSR count). The molecular weight excluding hydrogens is 432 g/mol. The van der Waals surface area contributed by atoms with E-state index in [1.54, 1.807) is 12.5 Å². The lowest BCUT2D eigenvalue weighted by Crippen LogP contribution is -2.33. The molecule has 3 heterocycles. The number of ether oxygens (including phenoxy) is 3. The Morgan fingerprint density at radius 2 is 1.87 bits per heavy atom. The van der Waals surface area contributed by atoms with Gasteiger partial charge in [-0.25, -0.2) is 4.98 Å². The van der Waals surface area contributed by atoms with Gasteiger partial charge in [-0.05, 0) is 35.4 Å². The van der Waals surface area contributed by atoms with Crippen LogP contribution < -0.4 is 4.74 Å². The summed E-state index contributed by atoms with van der Waals surface area (Å²) in [5.41, 5.74) is 2.34. The molecule has 1 aliphatic heterocycles. The van der Waals surface area contributed by atoms with Gasteiger partial charge in [-0.15, -0.1) is 11.3 Å². The van der Waals surface area contributed by atoms with Crippen molar-refractivity contribution in [2.45, 2.75) is 18.4 Å². The first kappa shape index (κ1) is 20.3. The molecule has 0 spiro atoms. The fourth-order valence-electron chi connectivity index (χ4n) is 3.64. The van der Waals surface area contributed by atoms with Crippen LogP contribution in [0, 0.1) is 0 Å². The van der Waals surface area contributed by atoms with Crippen LogP contribution in [0.3, 0.4) is 0 Å². The molecule has 0 amide bonds. The standard InChI is InChI=1S/C24H21ClN2O3S/c25-23-11-10-22(31-23)24(16-27-13-12-26-17-27)29-15-21(30-24)14-28-20-8-6-19(7-9-20)18-4-2-1-3-5-18/h1-13,17,21H,14-16H2/t21-,24-/m1/s1. The van der Waals surface area contributed by atoms with E-state index in [-0.39, 0.29) is 6.10 Å². The van der Waals surface area contributed by atoms with E-state index >= 15 is 0 Å². The Hall–Kier alpha value is -2.64. The Labute approximate surface area is 189 Å². The van der Waals surface area contributed by atoms with Crippen molar-refractivity contribution in [1.29, 1.82) is 0 Å². The predicted molar refractivity (Wildman–Crippen MR) is 121 cm³/mol. The van der Waals surface area contributed by atoms with Gasteiger partial charge in [0.1, 0.15) is 18.5 Å². The average Bonchev–Trinajstić information content (AvgIpc) is 3.56. The van der Waals surface area contributed by atoms with Crippen LogP contribution >= 0.6 is 22.9 Å². The molecule has 2 aromatic carbocycles. The number of nitrogens with zero attached hydrogens (tertiary/aromatic N) is 2. The maximum Gasteiger partial charge on any atom is 0.223 e. The third kappa shape index (κ3) is 4.52. The van der Waals surface area contributed by atoms with Crippen molar-refractivity contribution in [2.24, 2.45) is 0 Å². The van der Waals surface area contributed by atoms with Gasteiger partial charge in [0.25, 0.3) is 0 Å². The van der Waals surface area contributed by atoms with Crippen LogP contribution in [-0.4, -0.2) is 28.9 Å². The van der Waals surface area contributed by atoms with Gasteiger partial charge in [-0.3, -0.25) is 0 Å². The van der Waals surface area contributed by atoms with Gasteiger partial charge in [-0.2, -0.15) is 0 Å². The summed E-state index contributed by atoms with van der Waals surface area (Å²) >= 11 is 7.64. The summed E-state index contributed by atoms with van der Waals surface area (Å²) in [6.45, 7) is 1.33. The first-order valence-electron chi connectivity index (χ1n) is 10.0. The summed E-state index contributed by atoms with van der Waals surface area (Å²) < 4.78 is 21.2. The molecule has 7 heteroatoms. The lowest BCUT2D eigenvalue weighted by atomic mass is 10.1. The van der Waals surface area contributed by atoms with Gasteiger partial charge in [-0.1, -0.05) is 54.1 Å². The van der Waals surface area contributed by atoms with Gasteiger partial charge < -0.3 is 18.8 Å². The summed E-state index contributed by atoms with van der Waals surface area (Å²) in [5, 5.41) is 0. The maximum atomic E-state index is 6.39. The Kier molecular flexibility index (Phi) is 5.78. The molecule has 158 valence electrons. The first-order chi connectivity index (χ1) is 15.2. The van der Waals surface area contributed by atoms with E-state index in [0.717, 1.165) is 16.2 Å². The lowest BCUT2D eigenvalue weighted by molar-refractivity contribution is -0.186. The van der Waals surface area contributed by atoms with Crippen LogP contribution in [0.2, 0.25) is 4.34 Å². The molecule has 0 saturated carbocycles. The van der Waals surface area contributed by atoms with Crippen molar-refractivity contribution >= 4 is 22.9 Å². The molecule has 4 aromatic rings. The Balaban J connectivity index is 1.25. The monoisotopic (exact) mass is 452 g/mol. The molecule has 31 heavy (non-hydrogen) atoms. The Morgan fingerprint density at radius 3 is 2.58 bits per heavy atom. The minimum Gasteiger partial charge on any atom is -0.491 e. The number of rotatable bonds is 7. The molecule has 0 bridgehead atoms. The van der Waals surface area contributed by atoms with E-state index in [2.05, 4.69) is 29.2 Å². The zero-order chi connectivity index (χ0) is 21.1. The van der Waals surface area contributed by atoms with Crippen molar-refractivity contribution in [3.05, 3.63) is 94.7 Å². The highest BCUT2D eigenvalue weighted by atomic mass is 35.5. The molecule has 0 aliphatic carbocycles. The summed E-state index contributed by atoms with van der Waals surface area (Å²) in [7, 11) is 0. The molecular formula is C24H21ClN2O3S. The highest BCUT2D eigenvalue weighted by Gasteiger charge is 2.45. The van der Waals surface area contributed by atoms with Gasteiger partial charge >= 0.3 is 0 Å². The molecule has 0 radical (unpaired) electrons. The SMILES string of the molecule is Clc1ccc([C@]2(Cn3ccnc3)OC[C@@H](COc3ccc(-c4ccccc4)cc3)O2)s1. The van der Waals surface area contributed by atoms with E-state index in [1.165, 1.54) is 16.9 Å². The molecule has 0 unspecified atom stereocenters. The topological polar surface area (TPSA) is 45.5 Å². The van der Waals surface area contributed by atoms with Crippen molar-refractivity contribution in [3.8, 4) is 16.9 Å². The smallest absolute Gasteiger partial charge is 0.223 e. The van der Waals surface area contributed by atoms with E-state index in [0.29, 0.717) is 24.1 Å². The zero-order valence-corrected chi connectivity index (χ0v) is 18.3. The van der Waals surface area contributed by atoms with E-state index < -0.39 is 5.79 Å². The summed E-state index contributed by atoms with van der Waals surface area (Å²) in [6.07, 6.45) is 5.19. The highest BCUT2D eigenvalue weighted by molar-refractivity contribution is 7.16. The Morgan fingerprint density at radius 1 is 1.06 bits per heavy atom. The third-order valence-electron chi connectivity index (χ3n) is 5.16. The number of aromatic nitrogens is 2. The van der Waals surface area contributed by atoms with Crippen molar-refractivity contribution in [2.75, 3.05) is 13.2 Å². The van der Waals surface area contributed by atoms with Crippen molar-refractivity contribution in [1.82, 2.24) is 9.55 Å². The van der Waals surface area contributed by atoms with Crippen molar-refractivity contribution < 1.29 is 14.2 Å². The van der Waals surface area contributed by atoms with Crippen molar-refractivity contribution in [3.63, 3.8) is 0 Å².